The van der Waals surface area contributed by atoms with Crippen LogP contribution in [0.2, 0.25) is 5.02 Å². The fourth-order valence-electron chi connectivity index (χ4n) is 2.13. The monoisotopic (exact) mass is 344 g/mol. The Morgan fingerprint density at radius 3 is 2.21 bits per heavy atom. The maximum Gasteiger partial charge on any atom is 0.251 e. The minimum Gasteiger partial charge on any atom is -0.348 e. The molecule has 0 aliphatic rings. The van der Waals surface area contributed by atoms with Gasteiger partial charge in [-0.05, 0) is 50.6 Å². The predicted molar refractivity (Wildman–Crippen MR) is 96.3 cm³/mol. The van der Waals surface area contributed by atoms with Gasteiger partial charge in [-0.3, -0.25) is 9.59 Å². The highest BCUT2D eigenvalue weighted by atomic mass is 35.5. The van der Waals surface area contributed by atoms with Crippen molar-refractivity contribution in [1.82, 2.24) is 10.6 Å². The zero-order chi connectivity index (χ0) is 17.7. The molecule has 2 aromatic carbocycles. The zero-order valence-electron chi connectivity index (χ0n) is 14.0. The van der Waals surface area contributed by atoms with Gasteiger partial charge >= 0.3 is 0 Å². The van der Waals surface area contributed by atoms with Crippen molar-refractivity contribution in [1.29, 1.82) is 0 Å². The lowest BCUT2D eigenvalue weighted by molar-refractivity contribution is 0.0919. The van der Waals surface area contributed by atoms with Gasteiger partial charge < -0.3 is 10.6 Å². The Morgan fingerprint density at radius 2 is 1.58 bits per heavy atom. The number of hydrogen-bond donors (Lipinski definition) is 2. The lowest BCUT2D eigenvalue weighted by Gasteiger charge is -2.20. The van der Waals surface area contributed by atoms with Crippen molar-refractivity contribution < 1.29 is 9.59 Å². The molecule has 24 heavy (non-hydrogen) atoms. The van der Waals surface area contributed by atoms with Crippen molar-refractivity contribution in [2.75, 3.05) is 0 Å². The Morgan fingerprint density at radius 1 is 0.958 bits per heavy atom. The van der Waals surface area contributed by atoms with E-state index >= 15 is 0 Å². The van der Waals surface area contributed by atoms with E-state index < -0.39 is 0 Å². The first-order chi connectivity index (χ1) is 11.3. The van der Waals surface area contributed by atoms with Gasteiger partial charge in [0.05, 0.1) is 0 Å². The molecule has 0 saturated heterocycles. The van der Waals surface area contributed by atoms with Crippen molar-refractivity contribution in [3.8, 4) is 0 Å². The summed E-state index contributed by atoms with van der Waals surface area (Å²) in [7, 11) is 0. The first-order valence-corrected chi connectivity index (χ1v) is 8.08. The van der Waals surface area contributed by atoms with Gasteiger partial charge in [0.2, 0.25) is 0 Å². The van der Waals surface area contributed by atoms with Crippen molar-refractivity contribution in [3.63, 3.8) is 0 Å². The fraction of sp³-hybridized carbons (Fsp3) is 0.263. The van der Waals surface area contributed by atoms with Gasteiger partial charge in [-0.1, -0.05) is 35.9 Å². The van der Waals surface area contributed by atoms with Crippen LogP contribution in [0.25, 0.3) is 0 Å². The average Bonchev–Trinajstić information content (AvgIpc) is 2.52. The number of carbonyl (C=O) groups excluding carboxylic acids is 2. The molecule has 0 spiro atoms. The molecular weight excluding hydrogens is 324 g/mol. The topological polar surface area (TPSA) is 58.2 Å². The van der Waals surface area contributed by atoms with Gasteiger partial charge in [0.1, 0.15) is 0 Å². The Hall–Kier alpha value is -2.33. The molecule has 0 radical (unpaired) electrons. The molecule has 0 aliphatic carbocycles. The first-order valence-electron chi connectivity index (χ1n) is 7.70. The summed E-state index contributed by atoms with van der Waals surface area (Å²) in [5.74, 6) is -0.455. The van der Waals surface area contributed by atoms with E-state index in [1.807, 2.05) is 39.0 Å². The zero-order valence-corrected chi connectivity index (χ0v) is 14.8. The van der Waals surface area contributed by atoms with Crippen LogP contribution in [-0.2, 0) is 6.54 Å². The maximum absolute atomic E-state index is 12.3. The Bertz CT molecular complexity index is 751. The maximum atomic E-state index is 12.3. The van der Waals surface area contributed by atoms with Gasteiger partial charge in [0.15, 0.2) is 0 Å². The molecule has 0 atom stereocenters. The molecule has 2 N–H and O–H groups in total. The summed E-state index contributed by atoms with van der Waals surface area (Å²) in [5.41, 5.74) is 1.40. The average molecular weight is 345 g/mol. The number of hydrogen-bond acceptors (Lipinski definition) is 2. The van der Waals surface area contributed by atoms with Crippen molar-refractivity contribution in [2.24, 2.45) is 0 Å². The van der Waals surface area contributed by atoms with E-state index in [9.17, 15) is 9.59 Å². The van der Waals surface area contributed by atoms with Crippen molar-refractivity contribution >= 4 is 23.4 Å². The standard InChI is InChI=1S/C19H21ClN2O2/c1-19(2,3)22-18(24)14-9-6-8-13(11-14)17(23)21-12-15-7-4-5-10-16(15)20/h4-11H,12H2,1-3H3,(H,21,23)(H,22,24). The third-order valence-corrected chi connectivity index (χ3v) is 3.64. The van der Waals surface area contributed by atoms with Crippen LogP contribution >= 0.6 is 11.6 Å². The number of benzene rings is 2. The molecule has 2 rings (SSSR count). The highest BCUT2D eigenvalue weighted by molar-refractivity contribution is 6.31. The van der Waals surface area contributed by atoms with Crippen LogP contribution in [0.15, 0.2) is 48.5 Å². The molecule has 4 nitrogen and oxygen atoms in total. The number of halogens is 1. The van der Waals surface area contributed by atoms with Crippen LogP contribution in [0, 0.1) is 0 Å². The lowest BCUT2D eigenvalue weighted by Crippen LogP contribution is -2.40. The van der Waals surface area contributed by atoms with E-state index in [0.29, 0.717) is 22.7 Å². The number of nitrogens with one attached hydrogen (secondary N) is 2. The minimum atomic E-state index is -0.334. The second-order valence-electron chi connectivity index (χ2n) is 6.56. The van der Waals surface area contributed by atoms with Crippen LogP contribution in [-0.4, -0.2) is 17.4 Å². The summed E-state index contributed by atoms with van der Waals surface area (Å²) in [5, 5.41) is 6.30. The molecule has 0 saturated carbocycles. The molecular formula is C19H21ClN2O2. The second-order valence-corrected chi connectivity index (χ2v) is 6.97. The van der Waals surface area contributed by atoms with E-state index in [1.165, 1.54) is 0 Å². The summed E-state index contributed by atoms with van der Waals surface area (Å²) in [6.45, 7) is 6.05. The highest BCUT2D eigenvalue weighted by Crippen LogP contribution is 2.15. The smallest absolute Gasteiger partial charge is 0.251 e. The molecule has 0 aliphatic heterocycles. The molecule has 2 aromatic rings. The summed E-state index contributed by atoms with van der Waals surface area (Å²) in [6.07, 6.45) is 0. The molecule has 126 valence electrons. The molecule has 0 aromatic heterocycles. The van der Waals surface area contributed by atoms with Crippen LogP contribution in [0.3, 0.4) is 0 Å². The predicted octanol–water partition coefficient (Wildman–Crippen LogP) is 3.80. The largest absolute Gasteiger partial charge is 0.348 e. The summed E-state index contributed by atoms with van der Waals surface area (Å²) in [6, 6.07) is 14.0. The van der Waals surface area contributed by atoms with Crippen molar-refractivity contribution in [3.05, 3.63) is 70.2 Å². The van der Waals surface area contributed by atoms with E-state index in [-0.39, 0.29) is 17.4 Å². The molecule has 0 heterocycles. The molecule has 0 unspecified atom stereocenters. The lowest BCUT2D eigenvalue weighted by atomic mass is 10.1. The van der Waals surface area contributed by atoms with Crippen LogP contribution in [0.5, 0.6) is 0 Å². The molecule has 2 amide bonds. The van der Waals surface area contributed by atoms with E-state index in [1.54, 1.807) is 30.3 Å². The Kier molecular flexibility index (Phi) is 5.62. The van der Waals surface area contributed by atoms with E-state index in [4.69, 9.17) is 11.6 Å². The van der Waals surface area contributed by atoms with Crippen molar-refractivity contribution in [2.45, 2.75) is 32.9 Å². The van der Waals surface area contributed by atoms with Gasteiger partial charge in [-0.25, -0.2) is 0 Å². The SMILES string of the molecule is CC(C)(C)NC(=O)c1cccc(C(=O)NCc2ccccc2Cl)c1. The molecule has 0 bridgehead atoms. The number of amides is 2. The van der Waals surface area contributed by atoms with Gasteiger partial charge in [0.25, 0.3) is 11.8 Å². The first kappa shape index (κ1) is 18.0. The van der Waals surface area contributed by atoms with Crippen LogP contribution < -0.4 is 10.6 Å². The minimum absolute atomic E-state index is 0.205. The summed E-state index contributed by atoms with van der Waals surface area (Å²) < 4.78 is 0. The number of carbonyl (C=O) groups is 2. The third kappa shape index (κ3) is 5.10. The fourth-order valence-corrected chi connectivity index (χ4v) is 2.34. The van der Waals surface area contributed by atoms with Crippen LogP contribution in [0.1, 0.15) is 47.1 Å². The quantitative estimate of drug-likeness (QED) is 0.886. The summed E-state index contributed by atoms with van der Waals surface area (Å²) in [4.78, 5) is 24.5. The van der Waals surface area contributed by atoms with Gasteiger partial charge in [-0.15, -0.1) is 0 Å². The van der Waals surface area contributed by atoms with Gasteiger partial charge in [-0.2, -0.15) is 0 Å². The number of rotatable bonds is 4. The van der Waals surface area contributed by atoms with Gasteiger partial charge in [0, 0.05) is 28.2 Å². The third-order valence-electron chi connectivity index (χ3n) is 3.27. The Labute approximate surface area is 147 Å². The molecule has 5 heteroatoms. The summed E-state index contributed by atoms with van der Waals surface area (Å²) >= 11 is 6.08. The normalized spacial score (nSPS) is 11.0. The highest BCUT2D eigenvalue weighted by Gasteiger charge is 2.16. The molecule has 0 fully saturated rings. The van der Waals surface area contributed by atoms with E-state index in [0.717, 1.165) is 5.56 Å². The van der Waals surface area contributed by atoms with E-state index in [2.05, 4.69) is 10.6 Å². The second kappa shape index (κ2) is 7.49. The van der Waals surface area contributed by atoms with Crippen LogP contribution in [0.4, 0.5) is 0 Å². The Balaban J connectivity index is 2.06.